The number of aliphatic carboxylic acids is 2. The van der Waals surface area contributed by atoms with Crippen molar-refractivity contribution in [2.24, 2.45) is 5.73 Å². The van der Waals surface area contributed by atoms with Gasteiger partial charge in [0.05, 0.1) is 6.61 Å². The van der Waals surface area contributed by atoms with Crippen molar-refractivity contribution in [2.75, 3.05) is 31.3 Å². The molecule has 1 saturated heterocycles. The Morgan fingerprint density at radius 1 is 0.875 bits per heavy atom. The van der Waals surface area contributed by atoms with Gasteiger partial charge in [-0.15, -0.1) is 0 Å². The van der Waals surface area contributed by atoms with Crippen molar-refractivity contribution in [1.82, 2.24) is 10.6 Å². The highest BCUT2D eigenvalue weighted by Gasteiger charge is 2.52. The maximum atomic E-state index is 12.5. The van der Waals surface area contributed by atoms with Gasteiger partial charge >= 0.3 is 35.8 Å². The smallest absolute Gasteiger partial charge is 0.322 e. The van der Waals surface area contributed by atoms with Crippen molar-refractivity contribution in [3.05, 3.63) is 12.2 Å². The van der Waals surface area contributed by atoms with E-state index in [-0.39, 0.29) is 31.0 Å². The Kier molecular flexibility index (Phi) is 18.8. The van der Waals surface area contributed by atoms with Crippen molar-refractivity contribution in [2.45, 2.75) is 83.3 Å². The molecular weight excluding hydrogens is 666 g/mol. The van der Waals surface area contributed by atoms with E-state index in [1.165, 1.54) is 17.8 Å². The summed E-state index contributed by atoms with van der Waals surface area (Å²) >= 11 is 1.17. The van der Waals surface area contributed by atoms with Gasteiger partial charge in [0.25, 0.3) is 0 Å². The van der Waals surface area contributed by atoms with Gasteiger partial charge in [-0.2, -0.15) is 11.8 Å². The van der Waals surface area contributed by atoms with E-state index < -0.39 is 104 Å². The molecule has 2 amide bonds. The van der Waals surface area contributed by atoms with Crippen molar-refractivity contribution >= 4 is 59.4 Å². The van der Waals surface area contributed by atoms with E-state index in [0.29, 0.717) is 0 Å². The van der Waals surface area contributed by atoms with Gasteiger partial charge in [-0.25, -0.2) is 0 Å². The maximum absolute atomic E-state index is 12.5. The Bertz CT molecular complexity index is 1200. The van der Waals surface area contributed by atoms with Crippen LogP contribution in [0.15, 0.2) is 12.2 Å². The minimum Gasteiger partial charge on any atom is -0.480 e. The van der Waals surface area contributed by atoms with Crippen molar-refractivity contribution in [3.63, 3.8) is 0 Å². The Labute approximate surface area is 279 Å². The molecule has 19 nitrogen and oxygen atoms in total. The number of hydrogen-bond donors (Lipinski definition) is 5. The predicted molar refractivity (Wildman–Crippen MR) is 162 cm³/mol. The lowest BCUT2D eigenvalue weighted by molar-refractivity contribution is -0.305. The van der Waals surface area contributed by atoms with Crippen LogP contribution in [-0.2, 0) is 66.8 Å². The Morgan fingerprint density at radius 3 is 2.04 bits per heavy atom. The Balaban J connectivity index is 2.93. The zero-order valence-electron chi connectivity index (χ0n) is 26.7. The van der Waals surface area contributed by atoms with E-state index >= 15 is 0 Å². The number of hydrogen-bond acceptors (Lipinski definition) is 16. The first-order valence-electron chi connectivity index (χ1n) is 14.4. The highest BCUT2D eigenvalue weighted by molar-refractivity contribution is 7.99. The van der Waals surface area contributed by atoms with E-state index in [9.17, 15) is 38.4 Å². The van der Waals surface area contributed by atoms with E-state index in [2.05, 4.69) is 10.6 Å². The monoisotopic (exact) mass is 707 g/mol. The van der Waals surface area contributed by atoms with Gasteiger partial charge in [0.1, 0.15) is 31.3 Å². The largest absolute Gasteiger partial charge is 0.480 e. The van der Waals surface area contributed by atoms with Crippen molar-refractivity contribution in [3.8, 4) is 0 Å². The van der Waals surface area contributed by atoms with Crippen LogP contribution >= 0.6 is 11.8 Å². The molecule has 1 heterocycles. The molecule has 270 valence electrons. The second-order valence-corrected chi connectivity index (χ2v) is 11.2. The summed E-state index contributed by atoms with van der Waals surface area (Å²) in [6.45, 7) is 3.15. The van der Waals surface area contributed by atoms with Gasteiger partial charge in [-0.05, 0) is 6.42 Å². The van der Waals surface area contributed by atoms with Gasteiger partial charge in [0.2, 0.25) is 11.8 Å². The number of ether oxygens (including phenoxy) is 6. The first-order valence-corrected chi connectivity index (χ1v) is 15.6. The van der Waals surface area contributed by atoms with E-state index in [0.717, 1.165) is 27.7 Å². The average molecular weight is 708 g/mol. The fourth-order valence-corrected chi connectivity index (χ4v) is 4.89. The lowest BCUT2D eigenvalue weighted by Crippen LogP contribution is -2.62. The topological polar surface area (TPSA) is 282 Å². The molecule has 1 aliphatic rings. The molecule has 1 fully saturated rings. The number of carbonyl (C=O) groups excluding carboxylic acids is 6. The molecule has 0 aromatic heterocycles. The third kappa shape index (κ3) is 16.5. The number of nitrogens with two attached hydrogens (primary N) is 1. The summed E-state index contributed by atoms with van der Waals surface area (Å²) in [5.74, 6) is -6.78. The van der Waals surface area contributed by atoms with Crippen LogP contribution < -0.4 is 16.4 Å². The summed E-state index contributed by atoms with van der Waals surface area (Å²) in [6, 6.07) is -2.42. The number of thioether (sulfide) groups is 1. The summed E-state index contributed by atoms with van der Waals surface area (Å²) < 4.78 is 32.5. The number of carboxylic acids is 2. The molecule has 0 unspecified atom stereocenters. The average Bonchev–Trinajstić information content (AvgIpc) is 2.98. The molecule has 0 saturated carbocycles. The van der Waals surface area contributed by atoms with Crippen molar-refractivity contribution in [1.29, 1.82) is 0 Å². The third-order valence-corrected chi connectivity index (χ3v) is 7.03. The molecule has 48 heavy (non-hydrogen) atoms. The van der Waals surface area contributed by atoms with Gasteiger partial charge in [-0.1, -0.05) is 12.2 Å². The highest BCUT2D eigenvalue weighted by Crippen LogP contribution is 2.30. The molecule has 7 atom stereocenters. The first-order chi connectivity index (χ1) is 22.5. The van der Waals surface area contributed by atoms with Crippen LogP contribution in [0.3, 0.4) is 0 Å². The summed E-state index contributed by atoms with van der Waals surface area (Å²) in [6.07, 6.45) is -4.00. The minimum absolute atomic E-state index is 0.00701. The second kappa shape index (κ2) is 21.6. The zero-order valence-corrected chi connectivity index (χ0v) is 27.6. The molecule has 1 rings (SSSR count). The third-order valence-electron chi connectivity index (χ3n) is 6.04. The molecule has 0 aliphatic carbocycles. The molecule has 20 heteroatoms. The number of rotatable bonds is 20. The molecule has 6 N–H and O–H groups in total. The fraction of sp³-hybridized carbons (Fsp3) is 0.643. The summed E-state index contributed by atoms with van der Waals surface area (Å²) in [5.41, 5.74) is 5.40. The van der Waals surface area contributed by atoms with Gasteiger partial charge < -0.3 is 55.0 Å². The summed E-state index contributed by atoms with van der Waals surface area (Å²) in [5, 5.41) is 22.3. The molecular formula is C28H41N3O16S. The quantitative estimate of drug-likeness (QED) is 0.0406. The highest BCUT2D eigenvalue weighted by atomic mass is 32.2. The number of esters is 4. The summed E-state index contributed by atoms with van der Waals surface area (Å²) in [4.78, 5) is 93.6. The normalized spacial score (nSPS) is 21.6. The Morgan fingerprint density at radius 2 is 1.48 bits per heavy atom. The lowest BCUT2D eigenvalue weighted by atomic mass is 9.98. The lowest BCUT2D eigenvalue weighted by Gasteiger charge is -2.43. The van der Waals surface area contributed by atoms with Crippen LogP contribution in [0.5, 0.6) is 0 Å². The van der Waals surface area contributed by atoms with Crippen LogP contribution in [0.2, 0.25) is 0 Å². The van der Waals surface area contributed by atoms with Crippen LogP contribution in [0.4, 0.5) is 0 Å². The van der Waals surface area contributed by atoms with Crippen LogP contribution in [0.25, 0.3) is 0 Å². The van der Waals surface area contributed by atoms with Gasteiger partial charge in [0, 0.05) is 45.6 Å². The number of carbonyl (C=O) groups is 8. The summed E-state index contributed by atoms with van der Waals surface area (Å²) in [7, 11) is 0. The molecule has 0 bridgehead atoms. The number of amides is 2. The molecule has 0 spiro atoms. The molecule has 0 aromatic carbocycles. The number of nitrogens with one attached hydrogen (secondary N) is 2. The molecule has 1 aliphatic heterocycles. The van der Waals surface area contributed by atoms with Crippen LogP contribution in [-0.4, -0.2) is 132 Å². The van der Waals surface area contributed by atoms with Crippen LogP contribution in [0.1, 0.15) is 40.5 Å². The van der Waals surface area contributed by atoms with E-state index in [4.69, 9.17) is 44.4 Å². The van der Waals surface area contributed by atoms with Crippen LogP contribution in [0, 0.1) is 0 Å². The van der Waals surface area contributed by atoms with Gasteiger partial charge in [0.15, 0.2) is 24.6 Å². The van der Waals surface area contributed by atoms with E-state index in [1.54, 1.807) is 6.08 Å². The molecule has 0 radical (unpaired) electrons. The van der Waals surface area contributed by atoms with Gasteiger partial charge in [-0.3, -0.25) is 38.4 Å². The number of carboxylic acid groups (broad SMARTS) is 2. The van der Waals surface area contributed by atoms with E-state index in [1.807, 2.05) is 0 Å². The fourth-order valence-electron chi connectivity index (χ4n) is 4.01. The maximum Gasteiger partial charge on any atom is 0.322 e. The second-order valence-electron chi connectivity index (χ2n) is 10.1. The zero-order chi connectivity index (χ0) is 36.4. The minimum atomic E-state index is -1.40. The standard InChI is InChI=1S/C28H41N3O16S/c1-14(32)43-12-20-23(44-15(2)33)24(45-16(3)34)25(46-17(4)35)28(47-20)42-9-5-6-10-48-13-19(26(39)30-11-22(37)38)31-21(36)8-7-18(29)27(40)41/h5-6,18-20,23-25,28H,7-13,29H2,1-4H3,(H,30,39)(H,31,36)(H,37,38)(H,40,41)/b6-5+/t18-,19-,20+,23-,24-,25+,28+/m0/s1. The molecule has 0 aromatic rings. The van der Waals surface area contributed by atoms with Crippen molar-refractivity contribution < 1.29 is 77.0 Å². The Hall–Kier alpha value is -4.27. The SMILES string of the molecule is CC(=O)OC[C@H]1O[C@@H](OC/C=C/CSC[C@H](NC(=O)CC[C@H](N)C(=O)O)C(=O)NCC(=O)O)[C@H](OC(C)=O)[C@@H](OC(C)=O)[C@H]1OC(C)=O. The first kappa shape index (κ1) is 41.8. The predicted octanol–water partition coefficient (Wildman–Crippen LogP) is -1.75.